The van der Waals surface area contributed by atoms with E-state index >= 15 is 0 Å². The average molecular weight is 325 g/mol. The largest absolute Gasteiger partial charge is 0.497 e. The summed E-state index contributed by atoms with van der Waals surface area (Å²) in [4.78, 5) is 2.63. The van der Waals surface area contributed by atoms with Crippen molar-refractivity contribution in [2.45, 2.75) is 31.7 Å². The molecule has 1 aliphatic heterocycles. The van der Waals surface area contributed by atoms with Crippen molar-refractivity contribution in [2.75, 3.05) is 27.3 Å². The van der Waals surface area contributed by atoms with Gasteiger partial charge in [-0.15, -0.1) is 0 Å². The lowest BCUT2D eigenvalue weighted by Gasteiger charge is -2.35. The van der Waals surface area contributed by atoms with Crippen LogP contribution in [0, 0.1) is 0 Å². The minimum atomic E-state index is 0.421. The van der Waals surface area contributed by atoms with Gasteiger partial charge < -0.3 is 9.47 Å². The van der Waals surface area contributed by atoms with E-state index in [2.05, 4.69) is 53.4 Å². The highest BCUT2D eigenvalue weighted by Gasteiger charge is 2.22. The number of nitrogens with zero attached hydrogens (tertiary/aromatic N) is 1. The van der Waals surface area contributed by atoms with Crippen LogP contribution in [-0.2, 0) is 6.42 Å². The fraction of sp³-hybridized carbons (Fsp3) is 0.429. The van der Waals surface area contributed by atoms with Gasteiger partial charge in [0.05, 0.1) is 14.2 Å². The third kappa shape index (κ3) is 4.09. The summed E-state index contributed by atoms with van der Waals surface area (Å²) < 4.78 is 10.6. The molecule has 2 aromatic rings. The van der Waals surface area contributed by atoms with Crippen LogP contribution >= 0.6 is 0 Å². The highest BCUT2D eigenvalue weighted by atomic mass is 16.5. The van der Waals surface area contributed by atoms with Crippen LogP contribution < -0.4 is 9.47 Å². The van der Waals surface area contributed by atoms with E-state index < -0.39 is 0 Å². The Morgan fingerprint density at radius 2 is 1.33 bits per heavy atom. The second-order valence-corrected chi connectivity index (χ2v) is 6.44. The number of hydrogen-bond donors (Lipinski definition) is 0. The summed E-state index contributed by atoms with van der Waals surface area (Å²) in [5, 5.41) is 0. The monoisotopic (exact) mass is 325 g/mol. The predicted molar refractivity (Wildman–Crippen MR) is 97.9 cm³/mol. The molecule has 0 aliphatic carbocycles. The fourth-order valence-electron chi connectivity index (χ4n) is 3.50. The minimum Gasteiger partial charge on any atom is -0.497 e. The highest BCUT2D eigenvalue weighted by molar-refractivity contribution is 5.32. The maximum absolute atomic E-state index is 5.31. The second kappa shape index (κ2) is 8.20. The van der Waals surface area contributed by atoms with Gasteiger partial charge in [-0.25, -0.2) is 0 Å². The number of hydrogen-bond acceptors (Lipinski definition) is 3. The van der Waals surface area contributed by atoms with Crippen molar-refractivity contribution in [2.24, 2.45) is 0 Å². The molecule has 2 aromatic carbocycles. The van der Waals surface area contributed by atoms with E-state index in [4.69, 9.17) is 9.47 Å². The molecule has 0 aromatic heterocycles. The Morgan fingerprint density at radius 1 is 0.792 bits per heavy atom. The van der Waals surface area contributed by atoms with Crippen molar-refractivity contribution >= 4 is 0 Å². The van der Waals surface area contributed by atoms with Gasteiger partial charge in [-0.3, -0.25) is 4.90 Å². The first-order chi connectivity index (χ1) is 11.8. The van der Waals surface area contributed by atoms with Crippen LogP contribution in [-0.4, -0.2) is 32.2 Å². The van der Waals surface area contributed by atoms with E-state index in [-0.39, 0.29) is 0 Å². The molecule has 1 atom stereocenters. The average Bonchev–Trinajstić information content (AvgIpc) is 2.67. The molecule has 1 saturated heterocycles. The van der Waals surface area contributed by atoms with Crippen LogP contribution in [0.15, 0.2) is 48.5 Å². The van der Waals surface area contributed by atoms with E-state index in [0.29, 0.717) is 6.04 Å². The van der Waals surface area contributed by atoms with Gasteiger partial charge in [-0.05, 0) is 67.7 Å². The fourth-order valence-corrected chi connectivity index (χ4v) is 3.50. The molecule has 3 rings (SSSR count). The van der Waals surface area contributed by atoms with Crippen LogP contribution in [0.5, 0.6) is 11.5 Å². The summed E-state index contributed by atoms with van der Waals surface area (Å²) in [6, 6.07) is 17.4. The van der Waals surface area contributed by atoms with E-state index in [0.717, 1.165) is 17.9 Å². The molecular formula is C21H27NO2. The molecule has 128 valence electrons. The number of piperidine rings is 1. The molecule has 0 spiro atoms. The normalized spacial score (nSPS) is 16.6. The molecule has 0 radical (unpaired) electrons. The Balaban J connectivity index is 1.82. The quantitative estimate of drug-likeness (QED) is 0.782. The summed E-state index contributed by atoms with van der Waals surface area (Å²) in [5.74, 6) is 1.83. The molecule has 1 aliphatic rings. The van der Waals surface area contributed by atoms with E-state index in [1.165, 1.54) is 43.5 Å². The predicted octanol–water partition coefficient (Wildman–Crippen LogP) is 4.47. The van der Waals surface area contributed by atoms with Crippen molar-refractivity contribution in [1.29, 1.82) is 0 Å². The van der Waals surface area contributed by atoms with Gasteiger partial charge in [-0.1, -0.05) is 30.7 Å². The number of likely N-dealkylation sites (tertiary alicyclic amines) is 1. The molecule has 3 heteroatoms. The van der Waals surface area contributed by atoms with Crippen molar-refractivity contribution in [1.82, 2.24) is 4.90 Å². The number of benzene rings is 2. The lowest BCUT2D eigenvalue weighted by molar-refractivity contribution is 0.162. The van der Waals surface area contributed by atoms with Crippen LogP contribution in [0.1, 0.15) is 36.4 Å². The van der Waals surface area contributed by atoms with Crippen molar-refractivity contribution < 1.29 is 9.47 Å². The minimum absolute atomic E-state index is 0.421. The molecule has 24 heavy (non-hydrogen) atoms. The van der Waals surface area contributed by atoms with Crippen molar-refractivity contribution in [3.63, 3.8) is 0 Å². The molecule has 1 unspecified atom stereocenters. The topological polar surface area (TPSA) is 21.7 Å². The molecule has 0 saturated carbocycles. The zero-order valence-corrected chi connectivity index (χ0v) is 14.7. The SMILES string of the molecule is COc1ccc(CC(c2ccc(OC)cc2)N2CCCCC2)cc1. The van der Waals surface area contributed by atoms with Gasteiger partial charge in [0.15, 0.2) is 0 Å². The second-order valence-electron chi connectivity index (χ2n) is 6.44. The van der Waals surface area contributed by atoms with Gasteiger partial charge >= 0.3 is 0 Å². The van der Waals surface area contributed by atoms with E-state index in [1.807, 2.05) is 0 Å². The smallest absolute Gasteiger partial charge is 0.118 e. The van der Waals surface area contributed by atoms with Gasteiger partial charge in [0.25, 0.3) is 0 Å². The maximum atomic E-state index is 5.31. The molecular weight excluding hydrogens is 298 g/mol. The lowest BCUT2D eigenvalue weighted by Crippen LogP contribution is -2.34. The summed E-state index contributed by atoms with van der Waals surface area (Å²) >= 11 is 0. The summed E-state index contributed by atoms with van der Waals surface area (Å²) in [5.41, 5.74) is 2.72. The molecule has 0 amide bonds. The number of methoxy groups -OCH3 is 2. The van der Waals surface area contributed by atoms with Gasteiger partial charge in [0.1, 0.15) is 11.5 Å². The van der Waals surface area contributed by atoms with E-state index in [1.54, 1.807) is 14.2 Å². The number of rotatable bonds is 6. The van der Waals surface area contributed by atoms with Gasteiger partial charge in [0, 0.05) is 6.04 Å². The Bertz CT molecular complexity index is 615. The first-order valence-corrected chi connectivity index (χ1v) is 8.81. The van der Waals surface area contributed by atoms with Crippen LogP contribution in [0.3, 0.4) is 0 Å². The Kier molecular flexibility index (Phi) is 5.76. The summed E-state index contributed by atoms with van der Waals surface area (Å²) in [7, 11) is 3.43. The third-order valence-electron chi connectivity index (χ3n) is 4.92. The van der Waals surface area contributed by atoms with E-state index in [9.17, 15) is 0 Å². The third-order valence-corrected chi connectivity index (χ3v) is 4.92. The molecule has 3 nitrogen and oxygen atoms in total. The molecule has 0 bridgehead atoms. The Morgan fingerprint density at radius 3 is 1.88 bits per heavy atom. The van der Waals surface area contributed by atoms with Crippen LogP contribution in [0.2, 0.25) is 0 Å². The van der Waals surface area contributed by atoms with Crippen LogP contribution in [0.25, 0.3) is 0 Å². The zero-order valence-electron chi connectivity index (χ0n) is 14.7. The highest BCUT2D eigenvalue weighted by Crippen LogP contribution is 2.29. The first-order valence-electron chi connectivity index (χ1n) is 8.81. The molecule has 0 N–H and O–H groups in total. The molecule has 1 fully saturated rings. The van der Waals surface area contributed by atoms with Crippen LogP contribution in [0.4, 0.5) is 0 Å². The zero-order chi connectivity index (χ0) is 16.8. The number of ether oxygens (including phenoxy) is 2. The maximum Gasteiger partial charge on any atom is 0.118 e. The Labute approximate surface area is 145 Å². The standard InChI is InChI=1S/C21H27NO2/c1-23-19-10-6-17(7-11-19)16-21(22-14-4-3-5-15-22)18-8-12-20(24-2)13-9-18/h6-13,21H,3-5,14-16H2,1-2H3. The van der Waals surface area contributed by atoms with Gasteiger partial charge in [-0.2, -0.15) is 0 Å². The summed E-state index contributed by atoms with van der Waals surface area (Å²) in [6.07, 6.45) is 4.98. The van der Waals surface area contributed by atoms with Crippen molar-refractivity contribution in [3.05, 3.63) is 59.7 Å². The van der Waals surface area contributed by atoms with Gasteiger partial charge in [0.2, 0.25) is 0 Å². The first kappa shape index (κ1) is 16.8. The Hall–Kier alpha value is -2.00. The van der Waals surface area contributed by atoms with Crippen molar-refractivity contribution in [3.8, 4) is 11.5 Å². The summed E-state index contributed by atoms with van der Waals surface area (Å²) in [6.45, 7) is 2.37. The lowest BCUT2D eigenvalue weighted by atomic mass is 9.95. The molecule has 1 heterocycles.